The molecule has 0 spiro atoms. The Labute approximate surface area is 181 Å². The summed E-state index contributed by atoms with van der Waals surface area (Å²) in [6.07, 6.45) is 2.13. The normalized spacial score (nSPS) is 12.5. The van der Waals surface area contributed by atoms with Crippen molar-refractivity contribution < 1.29 is 23.6 Å². The van der Waals surface area contributed by atoms with Gasteiger partial charge in [-0.3, -0.25) is 15.5 Å². The second-order valence-electron chi connectivity index (χ2n) is 6.73. The lowest BCUT2D eigenvalue weighted by molar-refractivity contribution is -0.119. The summed E-state index contributed by atoms with van der Waals surface area (Å²) in [6.45, 7) is 0.731. The molecule has 0 saturated carbocycles. The Kier molecular flexibility index (Phi) is 7.10. The van der Waals surface area contributed by atoms with Crippen molar-refractivity contribution >= 4 is 29.6 Å². The number of rotatable bonds is 8. The van der Waals surface area contributed by atoms with Gasteiger partial charge in [0, 0.05) is 29.1 Å². The fourth-order valence-corrected chi connectivity index (χ4v) is 2.70. The van der Waals surface area contributed by atoms with Gasteiger partial charge in [-0.1, -0.05) is 23.4 Å². The van der Waals surface area contributed by atoms with Gasteiger partial charge in [0.05, 0.1) is 25.2 Å². The zero-order valence-corrected chi connectivity index (χ0v) is 16.9. The number of nitrogens with one attached hydrogen (secondary N) is 2. The molecular formula is C19H21FN8O4. The maximum absolute atomic E-state index is 14.9. The summed E-state index contributed by atoms with van der Waals surface area (Å²) in [5, 5.41) is 12.8. The van der Waals surface area contributed by atoms with Crippen molar-refractivity contribution in [1.82, 2.24) is 15.3 Å². The number of carbonyl (C=O) groups is 2. The summed E-state index contributed by atoms with van der Waals surface area (Å²) in [5.74, 6) is -1.16. The Bertz CT molecular complexity index is 1040. The molecular weight excluding hydrogens is 423 g/mol. The number of anilines is 1. The van der Waals surface area contributed by atoms with Crippen LogP contribution in [0.25, 0.3) is 11.1 Å². The minimum absolute atomic E-state index is 0.0978. The minimum Gasteiger partial charge on any atom is -0.444 e. The van der Waals surface area contributed by atoms with Gasteiger partial charge in [0.25, 0.3) is 0 Å². The molecule has 2 aromatic rings. The van der Waals surface area contributed by atoms with E-state index in [2.05, 4.69) is 15.1 Å². The molecule has 6 N–H and O–H groups in total. The van der Waals surface area contributed by atoms with Crippen LogP contribution in [0.15, 0.2) is 35.7 Å². The molecule has 1 aromatic carbocycles. The van der Waals surface area contributed by atoms with Crippen molar-refractivity contribution in [3.63, 3.8) is 0 Å². The van der Waals surface area contributed by atoms with Gasteiger partial charge < -0.3 is 25.9 Å². The van der Waals surface area contributed by atoms with Crippen molar-refractivity contribution in [3.8, 4) is 11.1 Å². The molecule has 168 valence electrons. The van der Waals surface area contributed by atoms with E-state index in [9.17, 15) is 14.0 Å². The Morgan fingerprint density at radius 2 is 1.97 bits per heavy atom. The molecule has 12 nitrogen and oxygen atoms in total. The largest absolute Gasteiger partial charge is 0.444 e. The van der Waals surface area contributed by atoms with Crippen molar-refractivity contribution in [2.24, 2.45) is 16.6 Å². The van der Waals surface area contributed by atoms with Crippen LogP contribution in [0.1, 0.15) is 12.0 Å². The van der Waals surface area contributed by atoms with E-state index in [-0.39, 0.29) is 30.8 Å². The number of ether oxygens (including phenoxy) is 1. The highest BCUT2D eigenvalue weighted by molar-refractivity contribution is 5.98. The van der Waals surface area contributed by atoms with E-state index < -0.39 is 23.8 Å². The quantitative estimate of drug-likeness (QED) is 0.196. The number of carbonyl (C=O) groups excluding carboxylic acids is 2. The second-order valence-corrected chi connectivity index (χ2v) is 6.73. The van der Waals surface area contributed by atoms with E-state index in [0.29, 0.717) is 24.6 Å². The maximum Gasteiger partial charge on any atom is 0.414 e. The monoisotopic (exact) mass is 444 g/mol. The molecule has 2 amide bonds. The molecule has 32 heavy (non-hydrogen) atoms. The molecule has 13 heteroatoms. The first-order chi connectivity index (χ1) is 15.3. The van der Waals surface area contributed by atoms with Crippen molar-refractivity contribution in [2.75, 3.05) is 24.6 Å². The molecule has 0 atom stereocenters. The number of oxime groups is 1. The fraction of sp³-hybridized carbons (Fsp3) is 0.263. The Morgan fingerprint density at radius 1 is 1.25 bits per heavy atom. The predicted octanol–water partition coefficient (Wildman–Crippen LogP) is 0.470. The molecule has 0 bridgehead atoms. The van der Waals surface area contributed by atoms with Crippen LogP contribution in [0.4, 0.5) is 15.1 Å². The van der Waals surface area contributed by atoms with Crippen LogP contribution in [0.2, 0.25) is 0 Å². The smallest absolute Gasteiger partial charge is 0.414 e. The second kappa shape index (κ2) is 10.1. The molecule has 1 aliphatic rings. The third-order valence-corrected chi connectivity index (χ3v) is 4.29. The van der Waals surface area contributed by atoms with Crippen LogP contribution >= 0.6 is 0 Å². The fourth-order valence-electron chi connectivity index (χ4n) is 2.70. The van der Waals surface area contributed by atoms with Crippen LogP contribution in [0.3, 0.4) is 0 Å². The average Bonchev–Trinajstić information content (AvgIpc) is 2.71. The molecule has 1 aromatic heterocycles. The lowest BCUT2D eigenvalue weighted by Gasteiger charge is -2.31. The van der Waals surface area contributed by atoms with Gasteiger partial charge in [-0.15, -0.1) is 0 Å². The number of guanidine groups is 1. The highest BCUT2D eigenvalue weighted by atomic mass is 19.1. The van der Waals surface area contributed by atoms with Gasteiger partial charge in [-0.2, -0.15) is 0 Å². The number of nitrogens with zero attached hydrogens (tertiary/aromatic N) is 4. The molecule has 0 unspecified atom stereocenters. The number of amides is 2. The number of hydrogen-bond acceptors (Lipinski definition) is 9. The van der Waals surface area contributed by atoms with E-state index in [1.54, 1.807) is 12.1 Å². The topological polar surface area (TPSA) is 182 Å². The van der Waals surface area contributed by atoms with E-state index in [1.165, 1.54) is 18.5 Å². The standard InChI is InChI=1S/C19H21FN8O4/c20-16-11(10-31-19(30)26-17(22)23)2-1-3-14(16)12-6-24-18(25-7-12)28-8-13(9-28)27-32-5-4-15(21)29/h1-3,6-7H,4-5,8-10H2,(H2,21,29)(H4,22,23,26,30). The zero-order valence-electron chi connectivity index (χ0n) is 16.9. The summed E-state index contributed by atoms with van der Waals surface area (Å²) >= 11 is 0. The van der Waals surface area contributed by atoms with Crippen LogP contribution < -0.4 is 21.7 Å². The number of alkyl carbamates (subject to hydrolysis) is 1. The maximum atomic E-state index is 14.9. The molecule has 3 rings (SSSR count). The Hall–Kier alpha value is -4.29. The van der Waals surface area contributed by atoms with E-state index >= 15 is 0 Å². The van der Waals surface area contributed by atoms with Gasteiger partial charge in [0.1, 0.15) is 19.0 Å². The highest BCUT2D eigenvalue weighted by Crippen LogP contribution is 2.25. The summed E-state index contributed by atoms with van der Waals surface area (Å²) in [6, 6.07) is 4.65. The first-order valence-electron chi connectivity index (χ1n) is 9.42. The van der Waals surface area contributed by atoms with E-state index in [0.717, 1.165) is 5.71 Å². The van der Waals surface area contributed by atoms with Gasteiger partial charge in [0.15, 0.2) is 5.96 Å². The summed E-state index contributed by atoms with van der Waals surface area (Å²) < 4.78 is 19.7. The van der Waals surface area contributed by atoms with E-state index in [1.807, 2.05) is 10.2 Å². The van der Waals surface area contributed by atoms with Crippen LogP contribution in [0.5, 0.6) is 0 Å². The number of primary amides is 1. The molecule has 0 aliphatic carbocycles. The number of hydrogen-bond donors (Lipinski definition) is 4. The van der Waals surface area contributed by atoms with Gasteiger partial charge in [0.2, 0.25) is 11.9 Å². The number of nitrogens with two attached hydrogens (primary N) is 2. The van der Waals surface area contributed by atoms with Crippen molar-refractivity contribution in [3.05, 3.63) is 42.0 Å². The lowest BCUT2D eigenvalue weighted by atomic mass is 10.1. The lowest BCUT2D eigenvalue weighted by Crippen LogP contribution is -2.48. The van der Waals surface area contributed by atoms with Crippen LogP contribution in [-0.2, 0) is 21.0 Å². The first kappa shape index (κ1) is 22.4. The van der Waals surface area contributed by atoms with E-state index in [4.69, 9.17) is 26.5 Å². The minimum atomic E-state index is -0.953. The summed E-state index contributed by atoms with van der Waals surface area (Å²) in [7, 11) is 0. The van der Waals surface area contributed by atoms with Crippen molar-refractivity contribution in [2.45, 2.75) is 13.0 Å². The molecule has 0 radical (unpaired) electrons. The zero-order chi connectivity index (χ0) is 23.1. The third-order valence-electron chi connectivity index (χ3n) is 4.29. The SMILES string of the molecule is N=C(N)NC(=O)OCc1cccc(-c2cnc(N3CC(=NOCCC(N)=O)C3)nc2)c1F. The molecule has 1 aliphatic heterocycles. The number of aromatic nitrogens is 2. The summed E-state index contributed by atoms with van der Waals surface area (Å²) in [5.41, 5.74) is 11.7. The van der Waals surface area contributed by atoms with Gasteiger partial charge >= 0.3 is 6.09 Å². The molecule has 1 saturated heterocycles. The molecule has 2 heterocycles. The summed E-state index contributed by atoms with van der Waals surface area (Å²) in [4.78, 5) is 37.4. The Balaban J connectivity index is 1.58. The third kappa shape index (κ3) is 5.87. The highest BCUT2D eigenvalue weighted by Gasteiger charge is 2.25. The number of halogens is 1. The van der Waals surface area contributed by atoms with Crippen LogP contribution in [-0.4, -0.2) is 53.3 Å². The number of benzene rings is 1. The average molecular weight is 444 g/mol. The Morgan fingerprint density at radius 3 is 2.62 bits per heavy atom. The van der Waals surface area contributed by atoms with Gasteiger partial charge in [-0.25, -0.2) is 19.2 Å². The van der Waals surface area contributed by atoms with Crippen LogP contribution in [0, 0.1) is 11.2 Å². The first-order valence-corrected chi connectivity index (χ1v) is 9.42. The van der Waals surface area contributed by atoms with Gasteiger partial charge in [-0.05, 0) is 0 Å². The van der Waals surface area contributed by atoms with Crippen molar-refractivity contribution in [1.29, 1.82) is 5.41 Å². The molecule has 1 fully saturated rings. The predicted molar refractivity (Wildman–Crippen MR) is 112 cm³/mol.